The van der Waals surface area contributed by atoms with E-state index in [1.165, 1.54) is 6.07 Å². The summed E-state index contributed by atoms with van der Waals surface area (Å²) in [5, 5.41) is 9.43. The van der Waals surface area contributed by atoms with Gasteiger partial charge in [0.05, 0.1) is 4.34 Å². The molecule has 0 saturated heterocycles. The summed E-state index contributed by atoms with van der Waals surface area (Å²) in [5.41, 5.74) is -0.284. The van der Waals surface area contributed by atoms with Crippen molar-refractivity contribution < 1.29 is 13.5 Å². The number of halogens is 1. The highest BCUT2D eigenvalue weighted by Crippen LogP contribution is 2.37. The summed E-state index contributed by atoms with van der Waals surface area (Å²) in [6.45, 7) is 0.321. The first-order valence-electron chi connectivity index (χ1n) is 5.83. The molecule has 0 bridgehead atoms. The third-order valence-electron chi connectivity index (χ3n) is 3.45. The first-order chi connectivity index (χ1) is 8.47. The van der Waals surface area contributed by atoms with Gasteiger partial charge in [-0.2, -0.15) is 0 Å². The topological polar surface area (TPSA) is 66.4 Å². The van der Waals surface area contributed by atoms with Crippen LogP contribution in [-0.2, 0) is 10.0 Å². The van der Waals surface area contributed by atoms with Gasteiger partial charge in [0.2, 0.25) is 10.0 Å². The van der Waals surface area contributed by atoms with Crippen LogP contribution < -0.4 is 4.72 Å². The quantitative estimate of drug-likeness (QED) is 0.876. The summed E-state index contributed by atoms with van der Waals surface area (Å²) in [6.07, 6.45) is 3.84. The monoisotopic (exact) mass is 309 g/mol. The Morgan fingerprint density at radius 1 is 1.39 bits per heavy atom. The summed E-state index contributed by atoms with van der Waals surface area (Å²) in [4.78, 5) is 0. The number of nitrogens with one attached hydrogen (secondary N) is 1. The Balaban J connectivity index is 2.05. The lowest BCUT2D eigenvalue weighted by molar-refractivity contribution is 0.134. The van der Waals surface area contributed by atoms with Crippen LogP contribution in [0.3, 0.4) is 0 Å². The van der Waals surface area contributed by atoms with Crippen LogP contribution >= 0.6 is 22.9 Å². The number of aliphatic hydroxyl groups excluding tert-OH is 1. The van der Waals surface area contributed by atoms with E-state index < -0.39 is 10.0 Å². The van der Waals surface area contributed by atoms with E-state index in [9.17, 15) is 13.5 Å². The van der Waals surface area contributed by atoms with Gasteiger partial charge in [-0.25, -0.2) is 13.1 Å². The van der Waals surface area contributed by atoms with Crippen molar-refractivity contribution >= 4 is 33.0 Å². The molecule has 2 N–H and O–H groups in total. The minimum Gasteiger partial charge on any atom is -0.396 e. The molecule has 1 saturated carbocycles. The van der Waals surface area contributed by atoms with Crippen molar-refractivity contribution in [1.29, 1.82) is 0 Å². The molecule has 0 spiro atoms. The molecule has 2 rings (SSSR count). The Bertz CT molecular complexity index is 506. The van der Waals surface area contributed by atoms with Gasteiger partial charge in [-0.1, -0.05) is 24.4 Å². The molecule has 0 radical (unpaired) electrons. The molecule has 4 nitrogen and oxygen atoms in total. The van der Waals surface area contributed by atoms with Crippen LogP contribution in [0, 0.1) is 5.41 Å². The van der Waals surface area contributed by atoms with E-state index in [0.29, 0.717) is 10.9 Å². The maximum atomic E-state index is 12.0. The number of thiophene rings is 1. The first kappa shape index (κ1) is 14.3. The number of hydrogen-bond donors (Lipinski definition) is 2. The first-order valence-corrected chi connectivity index (χ1v) is 8.51. The molecule has 18 heavy (non-hydrogen) atoms. The molecular weight excluding hydrogens is 294 g/mol. The molecule has 0 unspecified atom stereocenters. The fourth-order valence-corrected chi connectivity index (χ4v) is 4.96. The molecule has 1 heterocycles. The van der Waals surface area contributed by atoms with E-state index in [1.54, 1.807) is 6.07 Å². The number of sulfonamides is 1. The van der Waals surface area contributed by atoms with Crippen LogP contribution in [0.1, 0.15) is 25.7 Å². The fraction of sp³-hybridized carbons (Fsp3) is 0.636. The highest BCUT2D eigenvalue weighted by Gasteiger charge is 2.34. The lowest BCUT2D eigenvalue weighted by atomic mass is 9.88. The highest BCUT2D eigenvalue weighted by molar-refractivity contribution is 7.91. The van der Waals surface area contributed by atoms with Crippen LogP contribution in [0.2, 0.25) is 4.34 Å². The zero-order valence-electron chi connectivity index (χ0n) is 9.86. The molecule has 102 valence electrons. The average Bonchev–Trinajstić information content (AvgIpc) is 2.96. The van der Waals surface area contributed by atoms with Crippen LogP contribution in [0.25, 0.3) is 0 Å². The molecule has 0 amide bonds. The molecule has 1 aromatic heterocycles. The maximum absolute atomic E-state index is 12.0. The smallest absolute Gasteiger partial charge is 0.250 e. The lowest BCUT2D eigenvalue weighted by Gasteiger charge is -2.26. The maximum Gasteiger partial charge on any atom is 0.250 e. The second-order valence-corrected chi connectivity index (χ2v) is 8.46. The highest BCUT2D eigenvalue weighted by atomic mass is 35.5. The van der Waals surface area contributed by atoms with Gasteiger partial charge < -0.3 is 5.11 Å². The van der Waals surface area contributed by atoms with Crippen molar-refractivity contribution in [3.05, 3.63) is 16.5 Å². The van der Waals surface area contributed by atoms with E-state index >= 15 is 0 Å². The third kappa shape index (κ3) is 3.05. The Morgan fingerprint density at radius 3 is 2.56 bits per heavy atom. The Labute approximate surface area is 116 Å². The number of hydrogen-bond acceptors (Lipinski definition) is 4. The zero-order chi connectivity index (χ0) is 13.2. The summed E-state index contributed by atoms with van der Waals surface area (Å²) in [6, 6.07) is 3.06. The standard InChI is InChI=1S/C11H16ClNO3S2/c12-9-3-4-10(17-9)18(15,16)13-7-11(8-14)5-1-2-6-11/h3-4,13-14H,1-2,5-8H2. The predicted octanol–water partition coefficient (Wildman–Crippen LogP) is 2.23. The van der Waals surface area contributed by atoms with E-state index in [2.05, 4.69) is 4.72 Å². The van der Waals surface area contributed by atoms with Gasteiger partial charge in [0.25, 0.3) is 0 Å². The third-order valence-corrected chi connectivity index (χ3v) is 6.57. The second kappa shape index (κ2) is 5.46. The molecule has 1 aromatic rings. The van der Waals surface area contributed by atoms with Crippen LogP contribution in [0.15, 0.2) is 16.3 Å². The molecule has 1 fully saturated rings. The lowest BCUT2D eigenvalue weighted by Crippen LogP contribution is -2.38. The molecule has 1 aliphatic rings. The summed E-state index contributed by atoms with van der Waals surface area (Å²) >= 11 is 6.77. The van der Waals surface area contributed by atoms with Crippen molar-refractivity contribution in [2.75, 3.05) is 13.2 Å². The van der Waals surface area contributed by atoms with Gasteiger partial charge in [0.15, 0.2) is 0 Å². The normalized spacial score (nSPS) is 19.2. The largest absolute Gasteiger partial charge is 0.396 e. The molecule has 0 aromatic carbocycles. The molecule has 1 aliphatic carbocycles. The van der Waals surface area contributed by atoms with Crippen LogP contribution in [-0.4, -0.2) is 26.7 Å². The summed E-state index contributed by atoms with van der Waals surface area (Å²) in [7, 11) is -3.50. The van der Waals surface area contributed by atoms with Gasteiger partial charge in [-0.05, 0) is 25.0 Å². The fourth-order valence-electron chi connectivity index (χ4n) is 2.28. The molecular formula is C11H16ClNO3S2. The van der Waals surface area contributed by atoms with Crippen molar-refractivity contribution in [3.8, 4) is 0 Å². The minimum atomic E-state index is -3.50. The Morgan fingerprint density at radius 2 is 2.06 bits per heavy atom. The van der Waals surface area contributed by atoms with Crippen LogP contribution in [0.5, 0.6) is 0 Å². The zero-order valence-corrected chi connectivity index (χ0v) is 12.2. The van der Waals surface area contributed by atoms with E-state index in [4.69, 9.17) is 11.6 Å². The van der Waals surface area contributed by atoms with E-state index in [-0.39, 0.29) is 16.2 Å². The van der Waals surface area contributed by atoms with E-state index in [0.717, 1.165) is 37.0 Å². The van der Waals surface area contributed by atoms with Gasteiger partial charge in [-0.15, -0.1) is 11.3 Å². The molecule has 7 heteroatoms. The van der Waals surface area contributed by atoms with Crippen LogP contribution in [0.4, 0.5) is 0 Å². The Hall–Kier alpha value is -0.140. The average molecular weight is 310 g/mol. The van der Waals surface area contributed by atoms with Crippen molar-refractivity contribution in [3.63, 3.8) is 0 Å². The SMILES string of the molecule is O=S(=O)(NCC1(CO)CCCC1)c1ccc(Cl)s1. The van der Waals surface area contributed by atoms with Gasteiger partial charge in [0, 0.05) is 18.6 Å². The van der Waals surface area contributed by atoms with Crippen molar-refractivity contribution in [2.45, 2.75) is 29.9 Å². The molecule has 0 aliphatic heterocycles. The minimum absolute atomic E-state index is 0.0285. The number of rotatable bonds is 5. The van der Waals surface area contributed by atoms with Crippen molar-refractivity contribution in [1.82, 2.24) is 4.72 Å². The van der Waals surface area contributed by atoms with E-state index in [1.807, 2.05) is 0 Å². The summed E-state index contributed by atoms with van der Waals surface area (Å²) < 4.78 is 27.3. The second-order valence-electron chi connectivity index (χ2n) is 4.75. The predicted molar refractivity (Wildman–Crippen MR) is 72.5 cm³/mol. The Kier molecular flexibility index (Phi) is 4.33. The van der Waals surface area contributed by atoms with Gasteiger partial charge >= 0.3 is 0 Å². The number of aliphatic hydroxyl groups is 1. The van der Waals surface area contributed by atoms with Crippen molar-refractivity contribution in [2.24, 2.45) is 5.41 Å². The van der Waals surface area contributed by atoms with Gasteiger partial charge in [-0.3, -0.25) is 0 Å². The van der Waals surface area contributed by atoms with Gasteiger partial charge in [0.1, 0.15) is 4.21 Å². The summed E-state index contributed by atoms with van der Waals surface area (Å²) in [5.74, 6) is 0. The molecule has 0 atom stereocenters.